The number of anilines is 2. The molecule has 25 heavy (non-hydrogen) atoms. The van der Waals surface area contributed by atoms with E-state index in [1.165, 1.54) is 0 Å². The first-order valence-electron chi connectivity index (χ1n) is 8.20. The van der Waals surface area contributed by atoms with E-state index in [2.05, 4.69) is 24.5 Å². The third kappa shape index (κ3) is 4.40. The highest BCUT2D eigenvalue weighted by Gasteiger charge is 2.36. The largest absolute Gasteiger partial charge is 0.325 e. The molecule has 0 saturated carbocycles. The van der Waals surface area contributed by atoms with E-state index in [4.69, 9.17) is 11.6 Å². The first kappa shape index (κ1) is 19.0. The molecular weight excluding hydrogens is 336 g/mol. The lowest BCUT2D eigenvalue weighted by Gasteiger charge is -2.24. The molecule has 0 atom stereocenters. The first-order valence-corrected chi connectivity index (χ1v) is 8.57. The molecule has 0 saturated heterocycles. The van der Waals surface area contributed by atoms with E-state index in [0.717, 1.165) is 11.3 Å². The smallest absolute Gasteiger partial charge is 0.239 e. The normalized spacial score (nSPS) is 11.3. The van der Waals surface area contributed by atoms with Gasteiger partial charge in [-0.15, -0.1) is 0 Å². The predicted molar refractivity (Wildman–Crippen MR) is 103 cm³/mol. The highest BCUT2D eigenvalue weighted by molar-refractivity contribution is 6.34. The van der Waals surface area contributed by atoms with Crippen molar-refractivity contribution in [3.05, 3.63) is 59.1 Å². The highest BCUT2D eigenvalue weighted by atomic mass is 35.5. The summed E-state index contributed by atoms with van der Waals surface area (Å²) in [4.78, 5) is 25.3. The Bertz CT molecular complexity index is 785. The number of benzene rings is 2. The average molecular weight is 359 g/mol. The van der Waals surface area contributed by atoms with E-state index in [1.54, 1.807) is 38.1 Å². The number of para-hydroxylation sites is 2. The summed E-state index contributed by atoms with van der Waals surface area (Å²) >= 11 is 6.07. The molecule has 0 heterocycles. The van der Waals surface area contributed by atoms with Crippen molar-refractivity contribution in [1.29, 1.82) is 0 Å². The zero-order valence-corrected chi connectivity index (χ0v) is 15.6. The Labute approximate surface area is 153 Å². The molecule has 2 amide bonds. The second-order valence-electron chi connectivity index (χ2n) is 6.76. The van der Waals surface area contributed by atoms with Crippen LogP contribution in [0.2, 0.25) is 5.02 Å². The van der Waals surface area contributed by atoms with Gasteiger partial charge in [0.05, 0.1) is 10.7 Å². The second kappa shape index (κ2) is 7.70. The number of hydrogen-bond acceptors (Lipinski definition) is 2. The molecule has 2 rings (SSSR count). The molecule has 0 aliphatic rings. The van der Waals surface area contributed by atoms with Crippen LogP contribution in [-0.4, -0.2) is 11.8 Å². The minimum absolute atomic E-state index is 0.261. The number of nitrogens with one attached hydrogen (secondary N) is 2. The average Bonchev–Trinajstić information content (AvgIpc) is 2.57. The number of hydrogen-bond donors (Lipinski definition) is 2. The lowest BCUT2D eigenvalue weighted by Crippen LogP contribution is -2.41. The predicted octanol–water partition coefficient (Wildman–Crippen LogP) is 5.07. The SMILES string of the molecule is CC(C)c1ccccc1NC(=O)C(C)(C)C(=O)Nc1ccccc1Cl. The molecule has 2 aromatic carbocycles. The van der Waals surface area contributed by atoms with Crippen molar-refractivity contribution in [2.45, 2.75) is 33.6 Å². The summed E-state index contributed by atoms with van der Waals surface area (Å²) in [5.41, 5.74) is 0.973. The number of rotatable bonds is 5. The topological polar surface area (TPSA) is 58.2 Å². The Hall–Kier alpha value is -2.33. The Kier molecular flexibility index (Phi) is 5.85. The molecule has 0 bridgehead atoms. The number of halogens is 1. The summed E-state index contributed by atoms with van der Waals surface area (Å²) in [7, 11) is 0. The molecule has 4 nitrogen and oxygen atoms in total. The fraction of sp³-hybridized carbons (Fsp3) is 0.300. The molecule has 0 aliphatic carbocycles. The summed E-state index contributed by atoms with van der Waals surface area (Å²) < 4.78 is 0. The van der Waals surface area contributed by atoms with Crippen LogP contribution >= 0.6 is 11.6 Å². The molecule has 0 spiro atoms. The number of amides is 2. The maximum Gasteiger partial charge on any atom is 0.239 e. The summed E-state index contributed by atoms with van der Waals surface area (Å²) in [5.74, 6) is -0.526. The fourth-order valence-corrected chi connectivity index (χ4v) is 2.52. The van der Waals surface area contributed by atoms with Crippen molar-refractivity contribution in [1.82, 2.24) is 0 Å². The van der Waals surface area contributed by atoms with Crippen LogP contribution in [0.5, 0.6) is 0 Å². The molecule has 5 heteroatoms. The van der Waals surface area contributed by atoms with Gasteiger partial charge < -0.3 is 10.6 Å². The highest BCUT2D eigenvalue weighted by Crippen LogP contribution is 2.28. The molecule has 2 N–H and O–H groups in total. The fourth-order valence-electron chi connectivity index (χ4n) is 2.34. The van der Waals surface area contributed by atoms with Crippen LogP contribution in [0, 0.1) is 5.41 Å². The molecule has 0 aromatic heterocycles. The van der Waals surface area contributed by atoms with Crippen molar-refractivity contribution in [3.8, 4) is 0 Å². The molecule has 0 aliphatic heterocycles. The van der Waals surface area contributed by atoms with Gasteiger partial charge in [-0.3, -0.25) is 9.59 Å². The van der Waals surface area contributed by atoms with Crippen LogP contribution in [0.15, 0.2) is 48.5 Å². The zero-order valence-electron chi connectivity index (χ0n) is 14.9. The van der Waals surface area contributed by atoms with Gasteiger partial charge in [0.1, 0.15) is 5.41 Å². The minimum atomic E-state index is -1.26. The van der Waals surface area contributed by atoms with Gasteiger partial charge in [0.15, 0.2) is 0 Å². The Morgan fingerprint density at radius 1 is 0.880 bits per heavy atom. The van der Waals surface area contributed by atoms with Gasteiger partial charge in [-0.25, -0.2) is 0 Å². The van der Waals surface area contributed by atoms with Crippen LogP contribution in [0.25, 0.3) is 0 Å². The summed E-state index contributed by atoms with van der Waals surface area (Å²) in [5, 5.41) is 6.03. The van der Waals surface area contributed by atoms with Crippen molar-refractivity contribution in [2.75, 3.05) is 10.6 Å². The van der Waals surface area contributed by atoms with Gasteiger partial charge in [-0.05, 0) is 43.5 Å². The standard InChI is InChI=1S/C20H23ClN2O2/c1-13(2)14-9-5-7-11-16(14)22-18(24)20(3,4)19(25)23-17-12-8-6-10-15(17)21/h5-13H,1-4H3,(H,22,24)(H,23,25). The van der Waals surface area contributed by atoms with Crippen molar-refractivity contribution in [3.63, 3.8) is 0 Å². The maximum atomic E-state index is 12.7. The molecular formula is C20H23ClN2O2. The van der Waals surface area contributed by atoms with Gasteiger partial charge in [0.2, 0.25) is 11.8 Å². The van der Waals surface area contributed by atoms with Gasteiger partial charge in [-0.1, -0.05) is 55.8 Å². The van der Waals surface area contributed by atoms with E-state index < -0.39 is 11.3 Å². The van der Waals surface area contributed by atoms with Gasteiger partial charge >= 0.3 is 0 Å². The Balaban J connectivity index is 2.17. The summed E-state index contributed by atoms with van der Waals surface area (Å²) in [6.07, 6.45) is 0. The van der Waals surface area contributed by atoms with Crippen molar-refractivity contribution < 1.29 is 9.59 Å². The molecule has 132 valence electrons. The molecule has 0 radical (unpaired) electrons. The van der Waals surface area contributed by atoms with E-state index in [0.29, 0.717) is 10.7 Å². The van der Waals surface area contributed by atoms with E-state index in [1.807, 2.05) is 24.3 Å². The van der Waals surface area contributed by atoms with Gasteiger partial charge in [0, 0.05) is 5.69 Å². The first-order chi connectivity index (χ1) is 11.7. The molecule has 2 aromatic rings. The molecule has 0 fully saturated rings. The Morgan fingerprint density at radius 3 is 1.92 bits per heavy atom. The lowest BCUT2D eigenvalue weighted by atomic mass is 9.90. The number of carbonyl (C=O) groups is 2. The van der Waals surface area contributed by atoms with E-state index in [9.17, 15) is 9.59 Å². The van der Waals surface area contributed by atoms with Crippen molar-refractivity contribution >= 4 is 34.8 Å². The second-order valence-corrected chi connectivity index (χ2v) is 7.16. The van der Waals surface area contributed by atoms with E-state index >= 15 is 0 Å². The lowest BCUT2D eigenvalue weighted by molar-refractivity contribution is -0.135. The van der Waals surface area contributed by atoms with Crippen LogP contribution < -0.4 is 10.6 Å². The van der Waals surface area contributed by atoms with E-state index in [-0.39, 0.29) is 11.8 Å². The van der Waals surface area contributed by atoms with Gasteiger partial charge in [-0.2, -0.15) is 0 Å². The zero-order chi connectivity index (χ0) is 18.6. The Morgan fingerprint density at radius 2 is 1.36 bits per heavy atom. The monoisotopic (exact) mass is 358 g/mol. The van der Waals surface area contributed by atoms with Crippen molar-refractivity contribution in [2.24, 2.45) is 5.41 Å². The summed E-state index contributed by atoms with van der Waals surface area (Å²) in [6, 6.07) is 14.5. The minimum Gasteiger partial charge on any atom is -0.325 e. The number of carbonyl (C=O) groups excluding carboxylic acids is 2. The third-order valence-corrected chi connectivity index (χ3v) is 4.42. The van der Waals surface area contributed by atoms with Crippen LogP contribution in [0.1, 0.15) is 39.2 Å². The maximum absolute atomic E-state index is 12.7. The summed E-state index contributed by atoms with van der Waals surface area (Å²) in [6.45, 7) is 7.29. The van der Waals surface area contributed by atoms with Gasteiger partial charge in [0.25, 0.3) is 0 Å². The molecule has 0 unspecified atom stereocenters. The van der Waals surface area contributed by atoms with Crippen LogP contribution in [0.3, 0.4) is 0 Å². The van der Waals surface area contributed by atoms with Crippen LogP contribution in [0.4, 0.5) is 11.4 Å². The third-order valence-electron chi connectivity index (χ3n) is 4.09. The van der Waals surface area contributed by atoms with Crippen LogP contribution in [-0.2, 0) is 9.59 Å². The quantitative estimate of drug-likeness (QED) is 0.733.